The Morgan fingerprint density at radius 1 is 1.53 bits per heavy atom. The van der Waals surface area contributed by atoms with Crippen LogP contribution < -0.4 is 0 Å². The second kappa shape index (κ2) is 5.62. The van der Waals surface area contributed by atoms with Crippen molar-refractivity contribution >= 4 is 39.3 Å². The Labute approximate surface area is 126 Å². The number of aryl methyl sites for hydroxylation is 1. The number of halogens is 2. The van der Waals surface area contributed by atoms with Crippen molar-refractivity contribution in [2.45, 2.75) is 25.4 Å². The van der Waals surface area contributed by atoms with Gasteiger partial charge in [0.2, 0.25) is 0 Å². The lowest BCUT2D eigenvalue weighted by Crippen LogP contribution is -2.27. The van der Waals surface area contributed by atoms with Gasteiger partial charge in [0.1, 0.15) is 6.17 Å². The van der Waals surface area contributed by atoms with Gasteiger partial charge in [0.25, 0.3) is 0 Å². The van der Waals surface area contributed by atoms with Gasteiger partial charge in [-0.25, -0.2) is 8.84 Å². The smallest absolute Gasteiger partial charge is 0.130 e. The quantitative estimate of drug-likeness (QED) is 0.571. The molecule has 0 amide bonds. The topological polar surface area (TPSA) is 27.1 Å². The van der Waals surface area contributed by atoms with Crippen molar-refractivity contribution in [3.8, 4) is 0 Å². The fourth-order valence-corrected chi connectivity index (χ4v) is 4.26. The van der Waals surface area contributed by atoms with E-state index >= 15 is 0 Å². The molecule has 3 atom stereocenters. The maximum absolute atomic E-state index is 14.1. The number of fused-ring (bicyclic) bond motifs is 1. The largest absolute Gasteiger partial charge is 0.378 e. The van der Waals surface area contributed by atoms with E-state index < -0.39 is 6.17 Å². The van der Waals surface area contributed by atoms with Gasteiger partial charge in [0, 0.05) is 17.9 Å². The van der Waals surface area contributed by atoms with Gasteiger partial charge < -0.3 is 4.74 Å². The number of nitrogens with zero attached hydrogens (tertiary/aromatic N) is 2. The van der Waals surface area contributed by atoms with Gasteiger partial charge in [-0.2, -0.15) is 5.10 Å². The third-order valence-corrected chi connectivity index (χ3v) is 5.61. The molecular weight excluding hydrogens is 377 g/mol. The van der Waals surface area contributed by atoms with E-state index in [2.05, 4.69) is 46.2 Å². The number of rotatable bonds is 2. The minimum Gasteiger partial charge on any atom is -0.378 e. The molecule has 0 saturated carbocycles. The molecule has 0 bridgehead atoms. The third-order valence-electron chi connectivity index (χ3n) is 3.72. The normalized spacial score (nSPS) is 24.6. The summed E-state index contributed by atoms with van der Waals surface area (Å²) >= 11 is 2.31. The highest BCUT2D eigenvalue weighted by Gasteiger charge is 2.28. The zero-order chi connectivity index (χ0) is 13.4. The van der Waals surface area contributed by atoms with Crippen molar-refractivity contribution in [3.05, 3.63) is 29.5 Å². The first-order chi connectivity index (χ1) is 9.20. The maximum Gasteiger partial charge on any atom is 0.130 e. The molecule has 1 aliphatic rings. The lowest BCUT2D eigenvalue weighted by molar-refractivity contribution is 0.0217. The van der Waals surface area contributed by atoms with Gasteiger partial charge in [-0.1, -0.05) is 0 Å². The minimum absolute atomic E-state index is 0.0426. The molecular formula is C13H15FIN2OP. The molecule has 0 aliphatic carbocycles. The highest BCUT2D eigenvalue weighted by Crippen LogP contribution is 2.36. The molecule has 6 heteroatoms. The zero-order valence-electron chi connectivity index (χ0n) is 10.6. The molecule has 1 aromatic carbocycles. The Hall–Kier alpha value is -0.260. The first-order valence-electron chi connectivity index (χ1n) is 6.27. The fraction of sp³-hybridized carbons (Fsp3) is 0.462. The monoisotopic (exact) mass is 392 g/mol. The Morgan fingerprint density at radius 3 is 3.11 bits per heavy atom. The molecule has 19 heavy (non-hydrogen) atoms. The Kier molecular flexibility index (Phi) is 4.06. The molecule has 3 nitrogen and oxygen atoms in total. The average Bonchev–Trinajstić information content (AvgIpc) is 2.80. The summed E-state index contributed by atoms with van der Waals surface area (Å²) in [7, 11) is 0. The van der Waals surface area contributed by atoms with Crippen LogP contribution in [0.2, 0.25) is 0 Å². The Bertz CT molecular complexity index is 604. The molecule has 0 spiro atoms. The van der Waals surface area contributed by atoms with Crippen LogP contribution in [0.1, 0.15) is 23.5 Å². The second-order valence-electron chi connectivity index (χ2n) is 4.89. The third kappa shape index (κ3) is 2.52. The summed E-state index contributed by atoms with van der Waals surface area (Å²) in [5.74, 6) is -0.0426. The molecule has 3 rings (SSSR count). The van der Waals surface area contributed by atoms with Gasteiger partial charge in [-0.15, -0.1) is 0 Å². The van der Waals surface area contributed by atoms with Gasteiger partial charge in [-0.05, 0) is 58.6 Å². The molecule has 2 aromatic rings. The van der Waals surface area contributed by atoms with Crippen LogP contribution in [0.15, 0.2) is 18.3 Å². The van der Waals surface area contributed by atoms with Crippen molar-refractivity contribution in [1.82, 2.24) is 9.55 Å². The van der Waals surface area contributed by atoms with Crippen molar-refractivity contribution in [3.63, 3.8) is 0 Å². The number of hydrogen-bond donors (Lipinski definition) is 0. The standard InChI is InChI=1S/C13H15FIN2OP/c1-8-4-9-6-16-17(19-15)13(9)5-11(8)10-2-3-18-7-12(10)14/h4-6,10,12,19H,2-3,7H2,1H3. The van der Waals surface area contributed by atoms with Crippen molar-refractivity contribution in [1.29, 1.82) is 0 Å². The van der Waals surface area contributed by atoms with Crippen LogP contribution >= 0.6 is 28.4 Å². The van der Waals surface area contributed by atoms with Crippen LogP contribution in [0.5, 0.6) is 0 Å². The molecule has 0 N–H and O–H groups in total. The van der Waals surface area contributed by atoms with Crippen LogP contribution in [0.25, 0.3) is 10.9 Å². The fourth-order valence-electron chi connectivity index (χ4n) is 2.72. The first-order valence-corrected chi connectivity index (χ1v) is 10.3. The summed E-state index contributed by atoms with van der Waals surface area (Å²) in [6.45, 7) is 2.92. The molecule has 1 aromatic heterocycles. The molecule has 3 unspecified atom stereocenters. The predicted octanol–water partition coefficient (Wildman–Crippen LogP) is 3.98. The van der Waals surface area contributed by atoms with Crippen LogP contribution in [-0.4, -0.2) is 28.9 Å². The summed E-state index contributed by atoms with van der Waals surface area (Å²) in [5, 5.41) is 5.50. The number of hydrogen-bond acceptors (Lipinski definition) is 2. The van der Waals surface area contributed by atoms with Crippen LogP contribution in [0.4, 0.5) is 4.39 Å². The summed E-state index contributed by atoms with van der Waals surface area (Å²) in [4.78, 5) is 0. The SMILES string of the molecule is Cc1cc2cnn(PI)c2cc1C1CCOCC1F. The summed E-state index contributed by atoms with van der Waals surface area (Å²) < 4.78 is 21.3. The lowest BCUT2D eigenvalue weighted by Gasteiger charge is -2.27. The number of alkyl halides is 1. The van der Waals surface area contributed by atoms with E-state index in [-0.39, 0.29) is 12.5 Å². The Balaban J connectivity index is 2.09. The summed E-state index contributed by atoms with van der Waals surface area (Å²) in [6.07, 6.45) is 2.30. The highest BCUT2D eigenvalue weighted by atomic mass is 127. The van der Waals surface area contributed by atoms with Gasteiger partial charge >= 0.3 is 0 Å². The minimum atomic E-state index is -0.900. The van der Waals surface area contributed by atoms with Gasteiger partial charge in [0.15, 0.2) is 0 Å². The predicted molar refractivity (Wildman–Crippen MR) is 85.3 cm³/mol. The van der Waals surface area contributed by atoms with Crippen molar-refractivity contribution < 1.29 is 9.13 Å². The van der Waals surface area contributed by atoms with E-state index in [4.69, 9.17) is 4.74 Å². The van der Waals surface area contributed by atoms with E-state index in [1.165, 1.54) is 0 Å². The molecule has 102 valence electrons. The summed E-state index contributed by atoms with van der Waals surface area (Å²) in [6, 6.07) is 4.24. The average molecular weight is 392 g/mol. The molecule has 1 saturated heterocycles. The van der Waals surface area contributed by atoms with Crippen LogP contribution in [0.3, 0.4) is 0 Å². The number of ether oxygens (including phenoxy) is 1. The first kappa shape index (κ1) is 13.7. The Morgan fingerprint density at radius 2 is 2.37 bits per heavy atom. The van der Waals surface area contributed by atoms with E-state index in [0.717, 1.165) is 28.5 Å². The van der Waals surface area contributed by atoms with Crippen molar-refractivity contribution in [2.24, 2.45) is 0 Å². The lowest BCUT2D eigenvalue weighted by atomic mass is 9.87. The van der Waals surface area contributed by atoms with E-state index in [1.807, 2.05) is 10.6 Å². The molecule has 1 fully saturated rings. The van der Waals surface area contributed by atoms with Gasteiger partial charge in [0.05, 0.1) is 24.7 Å². The highest BCUT2D eigenvalue weighted by molar-refractivity contribution is 14.2. The van der Waals surface area contributed by atoms with Crippen LogP contribution in [0, 0.1) is 6.92 Å². The molecule has 1 aliphatic heterocycles. The molecule has 2 heterocycles. The number of benzene rings is 1. The molecule has 0 radical (unpaired) electrons. The number of aromatic nitrogens is 2. The van der Waals surface area contributed by atoms with Gasteiger partial charge in [-0.3, -0.25) is 0 Å². The summed E-state index contributed by atoms with van der Waals surface area (Å²) in [5.41, 5.74) is 3.37. The van der Waals surface area contributed by atoms with Crippen molar-refractivity contribution in [2.75, 3.05) is 13.2 Å². The van der Waals surface area contributed by atoms with E-state index in [9.17, 15) is 4.39 Å². The zero-order valence-corrected chi connectivity index (χ0v) is 13.7. The maximum atomic E-state index is 14.1. The van der Waals surface area contributed by atoms with E-state index in [1.54, 1.807) is 0 Å². The second-order valence-corrected chi connectivity index (χ2v) is 6.93. The van der Waals surface area contributed by atoms with E-state index in [0.29, 0.717) is 13.0 Å². The van der Waals surface area contributed by atoms with Crippen LogP contribution in [-0.2, 0) is 4.74 Å².